The number of pyridine rings is 1. The lowest BCUT2D eigenvalue weighted by atomic mass is 9.88. The molecule has 0 saturated carbocycles. The zero-order valence-electron chi connectivity index (χ0n) is 35.9. The second-order valence-corrected chi connectivity index (χ2v) is 18.0. The lowest BCUT2D eigenvalue weighted by Gasteiger charge is -2.39. The van der Waals surface area contributed by atoms with E-state index in [-0.39, 0.29) is 30.0 Å². The number of amides is 3. The number of hydrogen-bond acceptors (Lipinski definition) is 9. The molecule has 3 N–H and O–H groups in total. The van der Waals surface area contributed by atoms with E-state index in [4.69, 9.17) is 4.98 Å². The third-order valence-electron chi connectivity index (χ3n) is 14.0. The monoisotopic (exact) mass is 850 g/mol. The van der Waals surface area contributed by atoms with Gasteiger partial charge in [0, 0.05) is 99.7 Å². The SMILES string of the molecule is Cn1c(CN2CCC(c3ccc(C(=O)N4CCC(CN5CCN(c6ccc(NC7CCC(=O)NC7=O)cc6F)CC5)CC4)cc3)CC2)cc2c(-c3ccc4[nH]ncc4c3)ccnc21. The Balaban J connectivity index is 0.664. The van der Waals surface area contributed by atoms with E-state index in [1.54, 1.807) is 12.1 Å². The van der Waals surface area contributed by atoms with E-state index >= 15 is 4.39 Å². The molecule has 0 spiro atoms. The Bertz CT molecular complexity index is 2640. The molecule has 326 valence electrons. The average molecular weight is 851 g/mol. The van der Waals surface area contributed by atoms with Gasteiger partial charge < -0.3 is 19.7 Å². The van der Waals surface area contributed by atoms with Crippen LogP contribution in [0, 0.1) is 11.7 Å². The lowest BCUT2D eigenvalue weighted by Crippen LogP contribution is -2.49. The van der Waals surface area contributed by atoms with E-state index in [1.807, 2.05) is 29.4 Å². The van der Waals surface area contributed by atoms with E-state index in [0.717, 1.165) is 119 Å². The van der Waals surface area contributed by atoms with Gasteiger partial charge in [-0.3, -0.25) is 34.6 Å². The summed E-state index contributed by atoms with van der Waals surface area (Å²) in [6, 6.07) is 23.7. The Hall–Kier alpha value is -6.12. The number of piperidine rings is 3. The molecule has 4 aliphatic heterocycles. The quantitative estimate of drug-likeness (QED) is 0.132. The predicted molar refractivity (Wildman–Crippen MR) is 243 cm³/mol. The standard InChI is InChI=1S/C49H55FN10O3/c1-56-39(28-41-40(12-17-51-47(41)56)36-6-8-43-37(26-36)29-52-55-43)31-57-18-15-34(16-19-57)33-2-4-35(5-3-33)49(63)60-20-13-32(14-21-60)30-58-22-24-59(25-23-58)45-10-7-38(27-42(45)50)53-44-9-11-46(61)54-48(44)62/h2-8,10,12,17,26-29,32,34,44,53H,9,11,13-16,18-25,30-31H2,1H3,(H,52,55)(H,54,61,62). The first-order chi connectivity index (χ1) is 30.7. The molecule has 3 amide bonds. The van der Waals surface area contributed by atoms with Gasteiger partial charge in [-0.2, -0.15) is 5.10 Å². The van der Waals surface area contributed by atoms with Crippen molar-refractivity contribution in [1.82, 2.24) is 39.8 Å². The van der Waals surface area contributed by atoms with E-state index in [2.05, 4.69) is 89.6 Å². The first kappa shape index (κ1) is 40.9. The zero-order chi connectivity index (χ0) is 43.0. The molecule has 14 heteroatoms. The Labute approximate surface area is 366 Å². The van der Waals surface area contributed by atoms with E-state index in [0.29, 0.717) is 29.6 Å². The number of nitrogens with zero attached hydrogens (tertiary/aromatic N) is 7. The molecule has 0 radical (unpaired) electrons. The number of piperazine rings is 1. The summed E-state index contributed by atoms with van der Waals surface area (Å²) in [4.78, 5) is 51.1. The number of nitrogens with one attached hydrogen (secondary N) is 3. The van der Waals surface area contributed by atoms with Gasteiger partial charge in [0.25, 0.3) is 5.91 Å². The van der Waals surface area contributed by atoms with Gasteiger partial charge >= 0.3 is 0 Å². The molecular formula is C49H55FN10O3. The Morgan fingerprint density at radius 3 is 2.40 bits per heavy atom. The van der Waals surface area contributed by atoms with Crippen molar-refractivity contribution >= 4 is 51.0 Å². The molecule has 3 aromatic carbocycles. The average Bonchev–Trinajstić information content (AvgIpc) is 3.91. The van der Waals surface area contributed by atoms with Crippen molar-refractivity contribution < 1.29 is 18.8 Å². The molecule has 0 bridgehead atoms. The molecule has 7 heterocycles. The number of aromatic nitrogens is 4. The normalized spacial score (nSPS) is 19.9. The fourth-order valence-corrected chi connectivity index (χ4v) is 10.3. The molecule has 4 fully saturated rings. The number of likely N-dealkylation sites (tertiary alicyclic amines) is 2. The number of H-pyrrole nitrogens is 1. The summed E-state index contributed by atoms with van der Waals surface area (Å²) in [5.41, 5.74) is 8.82. The van der Waals surface area contributed by atoms with E-state index < -0.39 is 6.04 Å². The first-order valence-corrected chi connectivity index (χ1v) is 22.6. The maximum Gasteiger partial charge on any atom is 0.253 e. The zero-order valence-corrected chi connectivity index (χ0v) is 35.9. The lowest BCUT2D eigenvalue weighted by molar-refractivity contribution is -0.133. The Kier molecular flexibility index (Phi) is 11.4. The fourth-order valence-electron chi connectivity index (χ4n) is 10.3. The molecule has 1 atom stereocenters. The number of benzene rings is 3. The maximum absolute atomic E-state index is 15.2. The molecule has 63 heavy (non-hydrogen) atoms. The van der Waals surface area contributed by atoms with Crippen LogP contribution in [0.4, 0.5) is 15.8 Å². The number of halogens is 1. The Morgan fingerprint density at radius 1 is 0.841 bits per heavy atom. The summed E-state index contributed by atoms with van der Waals surface area (Å²) < 4.78 is 17.5. The summed E-state index contributed by atoms with van der Waals surface area (Å²) in [5, 5.41) is 14.9. The molecular weight excluding hydrogens is 796 g/mol. The summed E-state index contributed by atoms with van der Waals surface area (Å²) in [5.74, 6) is 0.162. The van der Waals surface area contributed by atoms with Gasteiger partial charge in [-0.25, -0.2) is 9.37 Å². The number of aromatic amines is 1. The fraction of sp³-hybridized carbons (Fsp3) is 0.408. The second-order valence-electron chi connectivity index (χ2n) is 18.0. The molecule has 10 rings (SSSR count). The predicted octanol–water partition coefficient (Wildman–Crippen LogP) is 6.53. The summed E-state index contributed by atoms with van der Waals surface area (Å²) in [7, 11) is 2.12. The molecule has 4 saturated heterocycles. The van der Waals surface area contributed by atoms with Crippen LogP contribution in [0.5, 0.6) is 0 Å². The molecule has 1 unspecified atom stereocenters. The van der Waals surface area contributed by atoms with Crippen molar-refractivity contribution in [3.05, 3.63) is 108 Å². The third kappa shape index (κ3) is 8.66. The topological polar surface area (TPSA) is 135 Å². The summed E-state index contributed by atoms with van der Waals surface area (Å²) in [6.07, 6.45) is 8.58. The highest BCUT2D eigenvalue weighted by atomic mass is 19.1. The molecule has 6 aromatic rings. The third-order valence-corrected chi connectivity index (χ3v) is 14.0. The van der Waals surface area contributed by atoms with Crippen LogP contribution in [0.1, 0.15) is 66.1 Å². The van der Waals surface area contributed by atoms with Crippen LogP contribution in [0.3, 0.4) is 0 Å². The van der Waals surface area contributed by atoms with Crippen molar-refractivity contribution in [3.63, 3.8) is 0 Å². The minimum absolute atomic E-state index is 0.124. The smallest absolute Gasteiger partial charge is 0.253 e. The highest BCUT2D eigenvalue weighted by molar-refractivity contribution is 6.01. The van der Waals surface area contributed by atoms with Crippen molar-refractivity contribution in [2.45, 2.75) is 57.0 Å². The van der Waals surface area contributed by atoms with Crippen molar-refractivity contribution in [1.29, 1.82) is 0 Å². The van der Waals surface area contributed by atoms with Gasteiger partial charge in [0.15, 0.2) is 0 Å². The Morgan fingerprint density at radius 2 is 1.63 bits per heavy atom. The number of fused-ring (bicyclic) bond motifs is 2. The molecule has 4 aliphatic rings. The number of carbonyl (C=O) groups is 3. The van der Waals surface area contributed by atoms with Crippen molar-refractivity contribution in [2.75, 3.05) is 69.1 Å². The van der Waals surface area contributed by atoms with Crippen LogP contribution in [0.2, 0.25) is 0 Å². The minimum Gasteiger partial charge on any atom is -0.374 e. The van der Waals surface area contributed by atoms with Gasteiger partial charge in [-0.15, -0.1) is 0 Å². The van der Waals surface area contributed by atoms with Crippen molar-refractivity contribution in [3.8, 4) is 11.1 Å². The summed E-state index contributed by atoms with van der Waals surface area (Å²) >= 11 is 0. The van der Waals surface area contributed by atoms with Crippen LogP contribution in [0.25, 0.3) is 33.1 Å². The van der Waals surface area contributed by atoms with Gasteiger partial charge in [-0.05, 0) is 128 Å². The highest BCUT2D eigenvalue weighted by Gasteiger charge is 2.30. The van der Waals surface area contributed by atoms with Crippen LogP contribution >= 0.6 is 0 Å². The largest absolute Gasteiger partial charge is 0.374 e. The van der Waals surface area contributed by atoms with E-state index in [1.165, 1.54) is 28.3 Å². The maximum atomic E-state index is 15.2. The molecule has 13 nitrogen and oxygen atoms in total. The summed E-state index contributed by atoms with van der Waals surface area (Å²) in [6.45, 7) is 8.64. The van der Waals surface area contributed by atoms with Gasteiger partial charge in [0.2, 0.25) is 11.8 Å². The first-order valence-electron chi connectivity index (χ1n) is 22.6. The van der Waals surface area contributed by atoms with Crippen LogP contribution in [-0.2, 0) is 23.2 Å². The van der Waals surface area contributed by atoms with Crippen LogP contribution < -0.4 is 15.5 Å². The number of carbonyl (C=O) groups excluding carboxylic acids is 3. The number of hydrogen-bond donors (Lipinski definition) is 3. The minimum atomic E-state index is -0.548. The van der Waals surface area contributed by atoms with Gasteiger partial charge in [0.1, 0.15) is 17.5 Å². The van der Waals surface area contributed by atoms with Crippen LogP contribution in [0.15, 0.2) is 85.2 Å². The number of imide groups is 1. The van der Waals surface area contributed by atoms with Gasteiger partial charge in [-0.1, -0.05) is 18.2 Å². The molecule has 3 aromatic heterocycles. The van der Waals surface area contributed by atoms with Crippen LogP contribution in [-0.4, -0.2) is 117 Å². The van der Waals surface area contributed by atoms with Crippen molar-refractivity contribution in [2.24, 2.45) is 13.0 Å². The highest BCUT2D eigenvalue weighted by Crippen LogP contribution is 2.34. The number of anilines is 2. The van der Waals surface area contributed by atoms with Gasteiger partial charge in [0.05, 0.1) is 17.4 Å². The second kappa shape index (κ2) is 17.6. The number of aryl methyl sites for hydroxylation is 1. The van der Waals surface area contributed by atoms with E-state index in [9.17, 15) is 14.4 Å². The molecule has 0 aliphatic carbocycles. The number of rotatable bonds is 10.